The highest BCUT2D eigenvalue weighted by atomic mass is 16.6. The number of hydrogen-bond acceptors (Lipinski definition) is 15. The van der Waals surface area contributed by atoms with Crippen LogP contribution in [0.15, 0.2) is 328 Å². The van der Waals surface area contributed by atoms with Gasteiger partial charge in [0.15, 0.2) is 5.56 Å². The molecule has 22 nitrogen and oxygen atoms in total. The number of nitro benzene ring substituents is 5. The molecule has 564 valence electrons. The number of non-ortho nitro benzene ring substituents is 2. The number of nitrogens with one attached hydrogen (secondary N) is 2. The third-order valence-electron chi connectivity index (χ3n) is 20.1. The minimum Gasteiger partial charge on any atom is -0.354 e. The molecule has 2 aliphatic rings. The summed E-state index contributed by atoms with van der Waals surface area (Å²) in [5, 5.41) is 65.0. The number of para-hydroxylation sites is 4. The normalized spacial score (nSPS) is 11.2. The van der Waals surface area contributed by atoms with E-state index in [1.807, 2.05) is 170 Å². The second kappa shape index (κ2) is 31.9. The van der Waals surface area contributed by atoms with Gasteiger partial charge < -0.3 is 24.7 Å². The molecule has 0 unspecified atom stereocenters. The average molecular weight is 1540 g/mol. The Morgan fingerprint density at radius 2 is 0.500 bits per heavy atom. The monoisotopic (exact) mass is 1540 g/mol. The number of anilines is 9. The maximum absolute atomic E-state index is 13.8. The minimum atomic E-state index is -1.17. The van der Waals surface area contributed by atoms with Crippen LogP contribution < -0.4 is 14.7 Å². The van der Waals surface area contributed by atoms with E-state index in [-0.39, 0.29) is 27.9 Å². The summed E-state index contributed by atoms with van der Waals surface area (Å²) in [5.41, 5.74) is 8.86. The summed E-state index contributed by atoms with van der Waals surface area (Å²) in [6, 6.07) is 101. The van der Waals surface area contributed by atoms with Crippen LogP contribution in [0.2, 0.25) is 0 Å². The molecule has 2 N–H and O–H groups in total. The molecule has 12 aromatic carbocycles. The fourth-order valence-electron chi connectivity index (χ4n) is 14.8. The molecule has 0 radical (unpaired) electrons. The van der Waals surface area contributed by atoms with Crippen molar-refractivity contribution >= 4 is 126 Å². The Bertz CT molecular complexity index is 6530. The number of aromatic amines is 2. The highest BCUT2D eigenvalue weighted by molar-refractivity contribution is 6.02. The van der Waals surface area contributed by atoms with Crippen molar-refractivity contribution in [2.24, 2.45) is 0 Å². The van der Waals surface area contributed by atoms with Crippen molar-refractivity contribution < 1.29 is 24.6 Å². The molecule has 22 heteroatoms. The smallest absolute Gasteiger partial charge is 0.306 e. The highest BCUT2D eigenvalue weighted by Crippen LogP contribution is 2.53. The molecular weight excluding hydrogens is 1480 g/mol. The van der Waals surface area contributed by atoms with Gasteiger partial charge in [0.1, 0.15) is 11.1 Å². The molecule has 0 atom stereocenters. The molecule has 0 saturated carbocycles. The van der Waals surface area contributed by atoms with Crippen molar-refractivity contribution in [1.82, 2.24) is 19.9 Å². The SMILES string of the molecule is O=[N+]([O-])c1ccc(-c2c([N+](=O)[O-])c(C#Cc3c4nc(c(-c5ccccc5)c5ccc([nH]5)c(C#Cc5ccc(N(c6ccc(N(c7ccccc7)c7ccccc7)cc6)c6ccc(N(c7ccccc7)c7ccccc7)cc6)cc5)c5nc(c(-c6ccccc6)c6ccc3[nH]6)C=C5)C=C4)c([N+](=O)[O-])c(-c3ccc([N+](=O)[O-])cc3)c2[N+](=O)[O-])cc1. The van der Waals surface area contributed by atoms with Crippen molar-refractivity contribution in [1.29, 1.82) is 0 Å². The lowest BCUT2D eigenvalue weighted by molar-refractivity contribution is -0.401. The summed E-state index contributed by atoms with van der Waals surface area (Å²) in [4.78, 5) is 85.0. The highest BCUT2D eigenvalue weighted by Gasteiger charge is 2.43. The molecule has 0 amide bonds. The van der Waals surface area contributed by atoms with Crippen molar-refractivity contribution in [2.45, 2.75) is 0 Å². The van der Waals surface area contributed by atoms with Crippen LogP contribution in [0.5, 0.6) is 0 Å². The van der Waals surface area contributed by atoms with Gasteiger partial charge in [-0.15, -0.1) is 0 Å². The van der Waals surface area contributed by atoms with Gasteiger partial charge >= 0.3 is 11.4 Å². The minimum absolute atomic E-state index is 0.0580. The van der Waals surface area contributed by atoms with Gasteiger partial charge in [-0.05, 0) is 222 Å². The van der Waals surface area contributed by atoms with E-state index in [0.717, 1.165) is 111 Å². The van der Waals surface area contributed by atoms with Crippen LogP contribution in [0.4, 0.5) is 79.6 Å². The molecule has 2 aliphatic heterocycles. The van der Waals surface area contributed by atoms with Crippen LogP contribution in [-0.4, -0.2) is 44.6 Å². The van der Waals surface area contributed by atoms with Gasteiger partial charge in [-0.25, -0.2) is 9.97 Å². The fraction of sp³-hybridized carbons (Fsp3) is 0. The molecule has 3 aromatic heterocycles. The number of hydrogen-bond donors (Lipinski definition) is 2. The Morgan fingerprint density at radius 3 is 0.814 bits per heavy atom. The first kappa shape index (κ1) is 73.6. The van der Waals surface area contributed by atoms with Gasteiger partial charge in [0.05, 0.1) is 69.6 Å². The lowest BCUT2D eigenvalue weighted by Crippen LogP contribution is -2.13. The maximum Gasteiger partial charge on any atom is 0.306 e. The van der Waals surface area contributed by atoms with E-state index in [0.29, 0.717) is 55.9 Å². The third-order valence-corrected chi connectivity index (χ3v) is 20.1. The second-order valence-corrected chi connectivity index (χ2v) is 27.2. The van der Waals surface area contributed by atoms with E-state index in [9.17, 15) is 50.6 Å². The van der Waals surface area contributed by atoms with Gasteiger partial charge in [-0.3, -0.25) is 50.6 Å². The molecule has 17 rings (SSSR count). The summed E-state index contributed by atoms with van der Waals surface area (Å²) in [5.74, 6) is 12.9. The standard InChI is InChI=1S/C96H60N12O10/c109-104(110)77-40-34-66(35-41-77)92-94(106(113)114)81(95(107(115)116)93(96(92)108(117)118)67-36-42-78(43-37-67)105(111)112)54-53-80-84-57-61-88(99-84)90(64-19-7-1-8-20-64)86-59-55-82(97-86)79(83-56-60-87(98-83)91(65-21-9-2-10-22-65)89-62-58-85(80)100-89)52-33-63-31-38-72(39-32-63)103(75-48-44-73(45-49-75)101(68-23-11-3-12-24-68)69-25-13-4-14-26-69)76-50-46-74(47-51-76)102(70-27-15-5-16-28-70)71-29-17-6-18-30-71/h1-32,34-51,55-62,97,100H. The lowest BCUT2D eigenvalue weighted by atomic mass is 9.89. The van der Waals surface area contributed by atoms with E-state index >= 15 is 0 Å². The number of nitro groups is 5. The summed E-state index contributed by atoms with van der Waals surface area (Å²) in [7, 11) is 0. The zero-order valence-corrected chi connectivity index (χ0v) is 62.0. The fourth-order valence-corrected chi connectivity index (χ4v) is 14.8. The Hall–Kier alpha value is -17.2. The Labute approximate surface area is 672 Å². The zero-order chi connectivity index (χ0) is 80.9. The lowest BCUT2D eigenvalue weighted by Gasteiger charge is -2.29. The zero-order valence-electron chi connectivity index (χ0n) is 62.0. The van der Waals surface area contributed by atoms with E-state index in [1.165, 1.54) is 0 Å². The maximum atomic E-state index is 13.8. The van der Waals surface area contributed by atoms with Crippen molar-refractivity contribution in [3.63, 3.8) is 0 Å². The van der Waals surface area contributed by atoms with Crippen LogP contribution in [0.3, 0.4) is 0 Å². The molecule has 5 heterocycles. The van der Waals surface area contributed by atoms with Gasteiger partial charge in [-0.1, -0.05) is 151 Å². The quantitative estimate of drug-likeness (QED) is 0.0459. The van der Waals surface area contributed by atoms with Crippen molar-refractivity contribution in [3.8, 4) is 68.2 Å². The molecule has 0 spiro atoms. The first-order valence-electron chi connectivity index (χ1n) is 37.1. The van der Waals surface area contributed by atoms with Crippen LogP contribution >= 0.6 is 0 Å². The second-order valence-electron chi connectivity index (χ2n) is 27.2. The number of aromatic nitrogens is 4. The topological polar surface area (TPSA) is 283 Å². The van der Waals surface area contributed by atoms with Crippen molar-refractivity contribution in [2.75, 3.05) is 14.7 Å². The average Bonchev–Trinajstić information content (AvgIpc) is 0.960. The number of benzene rings is 12. The molecule has 118 heavy (non-hydrogen) atoms. The molecule has 0 saturated heterocycles. The van der Waals surface area contributed by atoms with Gasteiger partial charge in [0.25, 0.3) is 17.1 Å². The Kier molecular flexibility index (Phi) is 19.9. The van der Waals surface area contributed by atoms with E-state index in [4.69, 9.17) is 9.97 Å². The van der Waals surface area contributed by atoms with Crippen LogP contribution in [0.25, 0.3) is 90.9 Å². The summed E-state index contributed by atoms with van der Waals surface area (Å²) in [6.45, 7) is 0. The van der Waals surface area contributed by atoms with E-state index in [2.05, 4.69) is 158 Å². The number of fused-ring (bicyclic) bond motifs is 8. The first-order chi connectivity index (χ1) is 57.7. The largest absolute Gasteiger partial charge is 0.354 e. The number of rotatable bonds is 18. The van der Waals surface area contributed by atoms with Crippen LogP contribution in [-0.2, 0) is 0 Å². The Morgan fingerprint density at radius 1 is 0.237 bits per heavy atom. The van der Waals surface area contributed by atoms with Gasteiger partial charge in [0.2, 0.25) is 0 Å². The van der Waals surface area contributed by atoms with E-state index < -0.39 is 69.7 Å². The third kappa shape index (κ3) is 14.5. The predicted octanol–water partition coefficient (Wildman–Crippen LogP) is 24.1. The number of H-pyrrole nitrogens is 2. The molecule has 15 aromatic rings. The van der Waals surface area contributed by atoms with Crippen LogP contribution in [0.1, 0.15) is 45.0 Å². The van der Waals surface area contributed by atoms with Crippen LogP contribution in [0, 0.1) is 74.3 Å². The summed E-state index contributed by atoms with van der Waals surface area (Å²) < 4.78 is 0. The molecular formula is C96H60N12O10. The van der Waals surface area contributed by atoms with Gasteiger partial charge in [0, 0.05) is 103 Å². The van der Waals surface area contributed by atoms with E-state index in [1.54, 1.807) is 24.3 Å². The van der Waals surface area contributed by atoms with Crippen molar-refractivity contribution in [3.05, 3.63) is 423 Å². The predicted molar refractivity (Wildman–Crippen MR) is 463 cm³/mol. The molecule has 0 fully saturated rings. The summed E-state index contributed by atoms with van der Waals surface area (Å²) >= 11 is 0. The van der Waals surface area contributed by atoms with Gasteiger partial charge in [-0.2, -0.15) is 0 Å². The molecule has 8 bridgehead atoms. The number of nitrogens with zero attached hydrogens (tertiary/aromatic N) is 10. The molecule has 0 aliphatic carbocycles. The first-order valence-corrected chi connectivity index (χ1v) is 37.1. The summed E-state index contributed by atoms with van der Waals surface area (Å²) in [6.07, 6.45) is 7.23. The Balaban J connectivity index is 0.833.